The first-order valence-corrected chi connectivity index (χ1v) is 10.8. The zero-order chi connectivity index (χ0) is 18.9. The molecule has 5 nitrogen and oxygen atoms in total. The number of aliphatic imine (C=N–C) groups is 1. The van der Waals surface area contributed by atoms with E-state index < -0.39 is 0 Å². The minimum atomic E-state index is 0.556. The van der Waals surface area contributed by atoms with Gasteiger partial charge >= 0.3 is 0 Å². The number of hydrogen-bond acceptors (Lipinski definition) is 4. The summed E-state index contributed by atoms with van der Waals surface area (Å²) >= 11 is 1.76. The van der Waals surface area contributed by atoms with E-state index >= 15 is 0 Å². The van der Waals surface area contributed by atoms with Gasteiger partial charge in [-0.05, 0) is 38.3 Å². The van der Waals surface area contributed by atoms with Crippen molar-refractivity contribution in [3.05, 3.63) is 52.0 Å². The van der Waals surface area contributed by atoms with E-state index in [4.69, 9.17) is 4.99 Å². The molecule has 0 bridgehead atoms. The summed E-state index contributed by atoms with van der Waals surface area (Å²) in [4.78, 5) is 13.1. The van der Waals surface area contributed by atoms with E-state index in [1.807, 2.05) is 6.20 Å². The van der Waals surface area contributed by atoms with Gasteiger partial charge in [-0.1, -0.05) is 37.3 Å². The Hall–Kier alpha value is -1.92. The van der Waals surface area contributed by atoms with Crippen LogP contribution in [0.1, 0.15) is 42.1 Å². The minimum Gasteiger partial charge on any atom is -0.357 e. The summed E-state index contributed by atoms with van der Waals surface area (Å²) in [6.07, 6.45) is 5.52. The zero-order valence-electron chi connectivity index (χ0n) is 16.4. The second-order valence-electron chi connectivity index (χ2n) is 6.90. The Morgan fingerprint density at radius 3 is 2.85 bits per heavy atom. The Morgan fingerprint density at radius 1 is 1.26 bits per heavy atom. The van der Waals surface area contributed by atoms with Crippen LogP contribution in [0.2, 0.25) is 0 Å². The van der Waals surface area contributed by atoms with Gasteiger partial charge in [0.05, 0.1) is 6.54 Å². The molecular formula is C21H31N5S. The first kappa shape index (κ1) is 19.8. The van der Waals surface area contributed by atoms with Crippen molar-refractivity contribution in [2.45, 2.75) is 52.2 Å². The van der Waals surface area contributed by atoms with Crippen molar-refractivity contribution < 1.29 is 0 Å². The van der Waals surface area contributed by atoms with E-state index in [9.17, 15) is 0 Å². The van der Waals surface area contributed by atoms with Crippen molar-refractivity contribution in [1.29, 1.82) is 0 Å². The maximum atomic E-state index is 4.73. The molecule has 2 aromatic rings. The van der Waals surface area contributed by atoms with Gasteiger partial charge in [0.25, 0.3) is 0 Å². The average Bonchev–Trinajstić information content (AvgIpc) is 3.34. The SMILES string of the molecule is CCNC(=NCc1ncc(CC)s1)NCC1CCCN1Cc1ccccc1. The molecular weight excluding hydrogens is 354 g/mol. The van der Waals surface area contributed by atoms with E-state index in [-0.39, 0.29) is 0 Å². The topological polar surface area (TPSA) is 52.6 Å². The van der Waals surface area contributed by atoms with Crippen molar-refractivity contribution in [2.75, 3.05) is 19.6 Å². The first-order valence-electron chi connectivity index (χ1n) is 10.0. The number of hydrogen-bond donors (Lipinski definition) is 2. The molecule has 0 radical (unpaired) electrons. The highest BCUT2D eigenvalue weighted by Crippen LogP contribution is 2.19. The molecule has 1 aliphatic heterocycles. The van der Waals surface area contributed by atoms with Gasteiger partial charge in [0, 0.05) is 36.8 Å². The minimum absolute atomic E-state index is 0.556. The highest BCUT2D eigenvalue weighted by molar-refractivity contribution is 7.11. The summed E-state index contributed by atoms with van der Waals surface area (Å²) in [6, 6.07) is 11.3. The van der Waals surface area contributed by atoms with Gasteiger partial charge in [-0.3, -0.25) is 4.90 Å². The van der Waals surface area contributed by atoms with Crippen LogP contribution in [0.3, 0.4) is 0 Å². The van der Waals surface area contributed by atoms with Gasteiger partial charge < -0.3 is 10.6 Å². The molecule has 0 spiro atoms. The summed E-state index contributed by atoms with van der Waals surface area (Å²) in [7, 11) is 0. The van der Waals surface area contributed by atoms with Crippen molar-refractivity contribution in [2.24, 2.45) is 4.99 Å². The summed E-state index contributed by atoms with van der Waals surface area (Å²) in [6.45, 7) is 8.90. The molecule has 0 amide bonds. The monoisotopic (exact) mass is 385 g/mol. The molecule has 0 aliphatic carbocycles. The van der Waals surface area contributed by atoms with E-state index in [1.54, 1.807) is 11.3 Å². The Kier molecular flexibility index (Phi) is 7.66. The molecule has 1 atom stereocenters. The molecule has 2 N–H and O–H groups in total. The van der Waals surface area contributed by atoms with Crippen LogP contribution in [0.4, 0.5) is 0 Å². The number of nitrogens with one attached hydrogen (secondary N) is 2. The number of guanidine groups is 1. The van der Waals surface area contributed by atoms with Crippen LogP contribution in [0.25, 0.3) is 0 Å². The first-order chi connectivity index (χ1) is 13.3. The number of aryl methyl sites for hydroxylation is 1. The van der Waals surface area contributed by atoms with Crippen LogP contribution < -0.4 is 10.6 Å². The predicted molar refractivity (Wildman–Crippen MR) is 114 cm³/mol. The van der Waals surface area contributed by atoms with Gasteiger partial charge in [0.15, 0.2) is 5.96 Å². The van der Waals surface area contributed by atoms with Crippen LogP contribution in [-0.2, 0) is 19.5 Å². The lowest BCUT2D eigenvalue weighted by atomic mass is 10.2. The largest absolute Gasteiger partial charge is 0.357 e. The van der Waals surface area contributed by atoms with Crippen LogP contribution in [0.15, 0.2) is 41.5 Å². The molecule has 0 saturated carbocycles. The maximum Gasteiger partial charge on any atom is 0.191 e. The van der Waals surface area contributed by atoms with Crippen molar-refractivity contribution in [3.63, 3.8) is 0 Å². The highest BCUT2D eigenvalue weighted by Gasteiger charge is 2.24. The quantitative estimate of drug-likeness (QED) is 0.540. The summed E-state index contributed by atoms with van der Waals surface area (Å²) < 4.78 is 0. The van der Waals surface area contributed by atoms with Crippen molar-refractivity contribution >= 4 is 17.3 Å². The molecule has 1 saturated heterocycles. The predicted octanol–water partition coefficient (Wildman–Crippen LogP) is 3.43. The van der Waals surface area contributed by atoms with Crippen LogP contribution in [0, 0.1) is 0 Å². The smallest absolute Gasteiger partial charge is 0.191 e. The van der Waals surface area contributed by atoms with Gasteiger partial charge in [0.2, 0.25) is 0 Å². The second-order valence-corrected chi connectivity index (χ2v) is 8.10. The summed E-state index contributed by atoms with van der Waals surface area (Å²) in [5.74, 6) is 0.886. The molecule has 3 rings (SSSR count). The zero-order valence-corrected chi connectivity index (χ0v) is 17.3. The summed E-state index contributed by atoms with van der Waals surface area (Å²) in [5.41, 5.74) is 1.39. The van der Waals surface area contributed by atoms with Gasteiger partial charge in [-0.15, -0.1) is 11.3 Å². The third-order valence-electron chi connectivity index (χ3n) is 4.90. The number of aromatic nitrogens is 1. The van der Waals surface area contributed by atoms with E-state index in [2.05, 4.69) is 64.7 Å². The summed E-state index contributed by atoms with van der Waals surface area (Å²) in [5, 5.41) is 7.98. The Labute approximate surface area is 166 Å². The third kappa shape index (κ3) is 6.04. The number of benzene rings is 1. The molecule has 1 fully saturated rings. The number of thiazole rings is 1. The van der Waals surface area contributed by atoms with Gasteiger partial charge in [0.1, 0.15) is 5.01 Å². The van der Waals surface area contributed by atoms with Crippen LogP contribution >= 0.6 is 11.3 Å². The average molecular weight is 386 g/mol. The molecule has 146 valence electrons. The fourth-order valence-corrected chi connectivity index (χ4v) is 4.23. The van der Waals surface area contributed by atoms with Crippen molar-refractivity contribution in [1.82, 2.24) is 20.5 Å². The van der Waals surface area contributed by atoms with Crippen LogP contribution in [0.5, 0.6) is 0 Å². The molecule has 1 aliphatic rings. The van der Waals surface area contributed by atoms with E-state index in [0.29, 0.717) is 12.6 Å². The number of nitrogens with zero attached hydrogens (tertiary/aromatic N) is 3. The highest BCUT2D eigenvalue weighted by atomic mass is 32.1. The Bertz CT molecular complexity index is 712. The fourth-order valence-electron chi connectivity index (χ4n) is 3.44. The molecule has 1 aromatic heterocycles. The molecule has 27 heavy (non-hydrogen) atoms. The lowest BCUT2D eigenvalue weighted by Crippen LogP contribution is -2.44. The maximum absolute atomic E-state index is 4.73. The fraction of sp³-hybridized carbons (Fsp3) is 0.524. The Balaban J connectivity index is 1.53. The standard InChI is InChI=1S/C21H31N5S/c1-3-19-14-23-20(27-19)15-25-21(22-4-2)24-13-18-11-8-12-26(18)16-17-9-6-5-7-10-17/h5-7,9-10,14,18H,3-4,8,11-13,15-16H2,1-2H3,(H2,22,24,25). The number of rotatable bonds is 8. The third-order valence-corrected chi connectivity index (χ3v) is 6.03. The lowest BCUT2D eigenvalue weighted by molar-refractivity contribution is 0.245. The normalized spacial score (nSPS) is 18.0. The van der Waals surface area contributed by atoms with Crippen molar-refractivity contribution in [3.8, 4) is 0 Å². The van der Waals surface area contributed by atoms with Gasteiger partial charge in [-0.2, -0.15) is 0 Å². The number of likely N-dealkylation sites (tertiary alicyclic amines) is 1. The van der Waals surface area contributed by atoms with E-state index in [1.165, 1.54) is 29.8 Å². The van der Waals surface area contributed by atoms with Crippen LogP contribution in [-0.4, -0.2) is 41.5 Å². The van der Waals surface area contributed by atoms with E-state index in [0.717, 1.165) is 37.0 Å². The second kappa shape index (κ2) is 10.4. The molecule has 6 heteroatoms. The van der Waals surface area contributed by atoms with Gasteiger partial charge in [-0.25, -0.2) is 9.98 Å². The Morgan fingerprint density at radius 2 is 2.11 bits per heavy atom. The molecule has 1 aromatic carbocycles. The lowest BCUT2D eigenvalue weighted by Gasteiger charge is -2.25. The molecule has 1 unspecified atom stereocenters. The molecule has 2 heterocycles.